The molecular weight excluding hydrogens is 143 g/mol. The molecule has 1 aromatic rings. The number of anilines is 1. The zero-order valence-corrected chi connectivity index (χ0v) is 5.19. The van der Waals surface area contributed by atoms with Gasteiger partial charge in [0.05, 0.1) is 16.9 Å². The fraction of sp³-hybridized carbons (Fsp3) is 0. The van der Waals surface area contributed by atoms with Crippen LogP contribution in [0.4, 0.5) is 10.1 Å². The highest BCUT2D eigenvalue weighted by Gasteiger charge is 1.97. The minimum absolute atomic E-state index is 0.0463. The first-order valence-electron chi connectivity index (χ1n) is 2.26. The Labute approximate surface area is 56.5 Å². The van der Waals surface area contributed by atoms with Crippen LogP contribution in [0.3, 0.4) is 0 Å². The van der Waals surface area contributed by atoms with Crippen LogP contribution in [0.2, 0.25) is 5.02 Å². The van der Waals surface area contributed by atoms with Crippen LogP contribution in [0.25, 0.3) is 0 Å². The highest BCUT2D eigenvalue weighted by molar-refractivity contribution is 6.30. The molecule has 0 saturated carbocycles. The van der Waals surface area contributed by atoms with Crippen molar-refractivity contribution in [3.05, 3.63) is 23.2 Å². The van der Waals surface area contributed by atoms with Crippen molar-refractivity contribution in [3.63, 3.8) is 0 Å². The molecule has 0 bridgehead atoms. The van der Waals surface area contributed by atoms with Crippen molar-refractivity contribution in [1.82, 2.24) is 4.98 Å². The molecule has 0 aliphatic rings. The third kappa shape index (κ3) is 1.29. The average Bonchev–Trinajstić information content (AvgIpc) is 1.80. The summed E-state index contributed by atoms with van der Waals surface area (Å²) in [5.41, 5.74) is 5.58. The van der Waals surface area contributed by atoms with Gasteiger partial charge in [0.15, 0.2) is 0 Å². The number of pyridine rings is 1. The molecule has 1 rings (SSSR count). The van der Waals surface area contributed by atoms with E-state index in [1.807, 2.05) is 0 Å². The van der Waals surface area contributed by atoms with Crippen molar-refractivity contribution in [2.45, 2.75) is 0 Å². The van der Waals surface area contributed by atoms with Crippen LogP contribution in [0, 0.1) is 5.95 Å². The standard InChI is InChI=1S/C5H4ClFN2/c6-4-1-3(8)2-9-5(4)7/h1-2H,8H2. The summed E-state index contributed by atoms with van der Waals surface area (Å²) in [5.74, 6) is -0.689. The molecule has 0 aromatic carbocycles. The van der Waals surface area contributed by atoms with Crippen LogP contribution < -0.4 is 5.73 Å². The number of hydrogen-bond acceptors (Lipinski definition) is 2. The molecule has 0 fully saturated rings. The van der Waals surface area contributed by atoms with Gasteiger partial charge in [-0.05, 0) is 6.07 Å². The Balaban J connectivity index is 3.17. The second-order valence-corrected chi connectivity index (χ2v) is 1.95. The predicted molar refractivity (Wildman–Crippen MR) is 33.6 cm³/mol. The third-order valence-corrected chi connectivity index (χ3v) is 1.08. The van der Waals surface area contributed by atoms with E-state index in [1.54, 1.807) is 0 Å². The van der Waals surface area contributed by atoms with Crippen molar-refractivity contribution in [2.75, 3.05) is 5.73 Å². The van der Waals surface area contributed by atoms with E-state index in [1.165, 1.54) is 12.3 Å². The Morgan fingerprint density at radius 3 is 2.78 bits per heavy atom. The van der Waals surface area contributed by atoms with Gasteiger partial charge in [0, 0.05) is 0 Å². The van der Waals surface area contributed by atoms with Crippen molar-refractivity contribution < 1.29 is 4.39 Å². The van der Waals surface area contributed by atoms with E-state index in [-0.39, 0.29) is 5.02 Å². The lowest BCUT2D eigenvalue weighted by atomic mass is 10.4. The molecule has 2 nitrogen and oxygen atoms in total. The van der Waals surface area contributed by atoms with Gasteiger partial charge in [-0.1, -0.05) is 11.6 Å². The number of nitrogens with zero attached hydrogens (tertiary/aromatic N) is 1. The van der Waals surface area contributed by atoms with E-state index in [4.69, 9.17) is 17.3 Å². The molecule has 0 amide bonds. The minimum atomic E-state index is -0.689. The lowest BCUT2D eigenvalue weighted by Gasteiger charge is -1.92. The van der Waals surface area contributed by atoms with Gasteiger partial charge in [-0.25, -0.2) is 4.98 Å². The van der Waals surface area contributed by atoms with E-state index in [9.17, 15) is 4.39 Å². The first kappa shape index (κ1) is 6.29. The summed E-state index contributed by atoms with van der Waals surface area (Å²) in [6.45, 7) is 0. The molecule has 0 atom stereocenters. The third-order valence-electron chi connectivity index (χ3n) is 0.817. The highest BCUT2D eigenvalue weighted by Crippen LogP contribution is 2.13. The fourth-order valence-electron chi connectivity index (χ4n) is 0.436. The van der Waals surface area contributed by atoms with Gasteiger partial charge in [0.1, 0.15) is 0 Å². The lowest BCUT2D eigenvalue weighted by molar-refractivity contribution is 0.585. The smallest absolute Gasteiger partial charge is 0.231 e. The topological polar surface area (TPSA) is 38.9 Å². The van der Waals surface area contributed by atoms with Crippen molar-refractivity contribution in [1.29, 1.82) is 0 Å². The van der Waals surface area contributed by atoms with E-state index in [2.05, 4.69) is 4.98 Å². The Hall–Kier alpha value is -0.830. The summed E-state index contributed by atoms with van der Waals surface area (Å²) >= 11 is 5.30. The molecule has 0 spiro atoms. The summed E-state index contributed by atoms with van der Waals surface area (Å²) in [6.07, 6.45) is 1.21. The molecule has 9 heavy (non-hydrogen) atoms. The zero-order valence-electron chi connectivity index (χ0n) is 4.44. The van der Waals surface area contributed by atoms with E-state index in [0.717, 1.165) is 0 Å². The summed E-state index contributed by atoms with van der Waals surface area (Å²) in [5, 5.41) is -0.0463. The van der Waals surface area contributed by atoms with Crippen LogP contribution in [0.5, 0.6) is 0 Å². The number of rotatable bonds is 0. The molecule has 2 N–H and O–H groups in total. The normalized spacial score (nSPS) is 9.56. The number of hydrogen-bond donors (Lipinski definition) is 1. The highest BCUT2D eigenvalue weighted by atomic mass is 35.5. The van der Waals surface area contributed by atoms with Crippen LogP contribution in [-0.2, 0) is 0 Å². The molecule has 1 heterocycles. The predicted octanol–water partition coefficient (Wildman–Crippen LogP) is 1.46. The first-order valence-corrected chi connectivity index (χ1v) is 2.64. The summed E-state index contributed by atoms with van der Waals surface area (Å²) in [4.78, 5) is 3.25. The second kappa shape index (κ2) is 2.19. The number of nitrogen functional groups attached to an aromatic ring is 1. The van der Waals surface area contributed by atoms with Gasteiger partial charge in [0.25, 0.3) is 0 Å². The van der Waals surface area contributed by atoms with Crippen LogP contribution >= 0.6 is 11.6 Å². The number of aromatic nitrogens is 1. The maximum atomic E-state index is 12.2. The van der Waals surface area contributed by atoms with Gasteiger partial charge in [-0.2, -0.15) is 4.39 Å². The van der Waals surface area contributed by atoms with Gasteiger partial charge in [-0.3, -0.25) is 0 Å². The molecule has 48 valence electrons. The average molecular weight is 147 g/mol. The molecule has 0 aliphatic carbocycles. The van der Waals surface area contributed by atoms with Crippen LogP contribution in [0.1, 0.15) is 0 Å². The molecule has 0 unspecified atom stereocenters. The monoisotopic (exact) mass is 146 g/mol. The van der Waals surface area contributed by atoms with E-state index in [0.29, 0.717) is 5.69 Å². The van der Waals surface area contributed by atoms with Crippen LogP contribution in [-0.4, -0.2) is 4.98 Å². The first-order chi connectivity index (χ1) is 4.20. The SMILES string of the molecule is Nc1cnc(F)c(Cl)c1. The van der Waals surface area contributed by atoms with Crippen molar-refractivity contribution >= 4 is 17.3 Å². The lowest BCUT2D eigenvalue weighted by Crippen LogP contribution is -1.88. The van der Waals surface area contributed by atoms with E-state index < -0.39 is 5.95 Å². The molecular formula is C5H4ClFN2. The Bertz CT molecular complexity index is 226. The largest absolute Gasteiger partial charge is 0.397 e. The van der Waals surface area contributed by atoms with Crippen LogP contribution in [0.15, 0.2) is 12.3 Å². The molecule has 0 aliphatic heterocycles. The van der Waals surface area contributed by atoms with Gasteiger partial charge in [-0.15, -0.1) is 0 Å². The summed E-state index contributed by atoms with van der Waals surface area (Å²) in [7, 11) is 0. The van der Waals surface area contributed by atoms with Gasteiger partial charge in [0.2, 0.25) is 5.95 Å². The summed E-state index contributed by atoms with van der Waals surface area (Å²) < 4.78 is 12.2. The fourth-order valence-corrected chi connectivity index (χ4v) is 0.611. The Morgan fingerprint density at radius 1 is 1.67 bits per heavy atom. The van der Waals surface area contributed by atoms with Crippen molar-refractivity contribution in [3.8, 4) is 0 Å². The minimum Gasteiger partial charge on any atom is -0.397 e. The molecule has 1 aromatic heterocycles. The van der Waals surface area contributed by atoms with Gasteiger partial charge < -0.3 is 5.73 Å². The second-order valence-electron chi connectivity index (χ2n) is 1.54. The maximum Gasteiger partial charge on any atom is 0.231 e. The van der Waals surface area contributed by atoms with Crippen molar-refractivity contribution in [2.24, 2.45) is 0 Å². The van der Waals surface area contributed by atoms with E-state index >= 15 is 0 Å². The molecule has 0 radical (unpaired) electrons. The quantitative estimate of drug-likeness (QED) is 0.563. The Morgan fingerprint density at radius 2 is 2.33 bits per heavy atom. The van der Waals surface area contributed by atoms with Gasteiger partial charge >= 0.3 is 0 Å². The molecule has 0 saturated heterocycles. The zero-order chi connectivity index (χ0) is 6.85. The summed E-state index contributed by atoms with van der Waals surface area (Å²) in [6, 6.07) is 1.31. The number of halogens is 2. The maximum absolute atomic E-state index is 12.2. The number of nitrogens with two attached hydrogens (primary N) is 1. The molecule has 4 heteroatoms. The Kier molecular flexibility index (Phi) is 1.53.